The van der Waals surface area contributed by atoms with Crippen molar-refractivity contribution in [3.05, 3.63) is 100 Å². The van der Waals surface area contributed by atoms with Gasteiger partial charge in [-0.1, -0.05) is 30.3 Å². The molecule has 1 N–H and O–H groups in total. The van der Waals surface area contributed by atoms with Gasteiger partial charge >= 0.3 is 0 Å². The zero-order valence-corrected chi connectivity index (χ0v) is 17.2. The molecular formula is C26H24FN3O. The van der Waals surface area contributed by atoms with Gasteiger partial charge in [0.05, 0.1) is 5.52 Å². The van der Waals surface area contributed by atoms with Crippen LogP contribution in [-0.2, 0) is 6.54 Å². The standard InChI is InChI=1S/C26H24FN3O/c27-23-7-4-19(5-8-23)22-14-18(15-28-16-22)17-30-12-10-20(11-13-30)24-3-1-2-21-6-9-25(31)29-26(21)24/h1-9,14-16,20H,10-13,17H2,(H,29,31). The first kappa shape index (κ1) is 19.6. The summed E-state index contributed by atoms with van der Waals surface area (Å²) in [5, 5.41) is 1.09. The minimum atomic E-state index is -0.231. The van der Waals surface area contributed by atoms with E-state index in [1.54, 1.807) is 18.2 Å². The molecule has 4 aromatic rings. The number of rotatable bonds is 4. The average molecular weight is 413 g/mol. The number of fused-ring (bicyclic) bond motifs is 1. The number of H-pyrrole nitrogens is 1. The van der Waals surface area contributed by atoms with Gasteiger partial charge in [0.1, 0.15) is 5.82 Å². The summed E-state index contributed by atoms with van der Waals surface area (Å²) in [6.07, 6.45) is 5.85. The van der Waals surface area contributed by atoms with E-state index in [0.717, 1.165) is 60.1 Å². The Morgan fingerprint density at radius 3 is 2.58 bits per heavy atom. The number of halogens is 1. The number of hydrogen-bond acceptors (Lipinski definition) is 3. The molecule has 4 nitrogen and oxygen atoms in total. The summed E-state index contributed by atoms with van der Waals surface area (Å²) in [6, 6.07) is 18.4. The van der Waals surface area contributed by atoms with Gasteiger partial charge in [0.25, 0.3) is 0 Å². The molecule has 2 aromatic carbocycles. The number of hydrogen-bond donors (Lipinski definition) is 1. The van der Waals surface area contributed by atoms with E-state index in [0.29, 0.717) is 5.92 Å². The molecule has 1 aliphatic rings. The van der Waals surface area contributed by atoms with Crippen LogP contribution in [0.5, 0.6) is 0 Å². The van der Waals surface area contributed by atoms with E-state index in [1.165, 1.54) is 17.7 Å². The number of nitrogens with one attached hydrogen (secondary N) is 1. The third-order valence-electron chi connectivity index (χ3n) is 6.20. The Morgan fingerprint density at radius 1 is 0.968 bits per heavy atom. The van der Waals surface area contributed by atoms with Crippen molar-refractivity contribution >= 4 is 10.9 Å². The molecular weight excluding hydrogens is 389 g/mol. The van der Waals surface area contributed by atoms with Gasteiger partial charge in [0.15, 0.2) is 0 Å². The number of nitrogens with zero attached hydrogens (tertiary/aromatic N) is 2. The average Bonchev–Trinajstić information content (AvgIpc) is 2.80. The fraction of sp³-hybridized carbons (Fsp3) is 0.231. The SMILES string of the molecule is O=c1ccc2cccc(C3CCN(Cc4cncc(-c5ccc(F)cc5)c4)CC3)c2[nH]1. The lowest BCUT2D eigenvalue weighted by atomic mass is 9.88. The van der Waals surface area contributed by atoms with Crippen LogP contribution in [0.25, 0.3) is 22.0 Å². The van der Waals surface area contributed by atoms with E-state index < -0.39 is 0 Å². The Hall–Kier alpha value is -3.31. The van der Waals surface area contributed by atoms with Crippen LogP contribution < -0.4 is 5.56 Å². The van der Waals surface area contributed by atoms with Gasteiger partial charge in [0, 0.05) is 30.6 Å². The summed E-state index contributed by atoms with van der Waals surface area (Å²) in [5.74, 6) is 0.215. The molecule has 0 bridgehead atoms. The lowest BCUT2D eigenvalue weighted by molar-refractivity contribution is 0.205. The Morgan fingerprint density at radius 2 is 1.77 bits per heavy atom. The van der Waals surface area contributed by atoms with Crippen LogP contribution in [0.3, 0.4) is 0 Å². The highest BCUT2D eigenvalue weighted by molar-refractivity contribution is 5.82. The predicted octanol–water partition coefficient (Wildman–Crippen LogP) is 5.11. The molecule has 5 heteroatoms. The van der Waals surface area contributed by atoms with Gasteiger partial charge in [-0.2, -0.15) is 0 Å². The first-order chi connectivity index (χ1) is 15.2. The molecule has 0 aliphatic carbocycles. The first-order valence-corrected chi connectivity index (χ1v) is 10.7. The van der Waals surface area contributed by atoms with E-state index >= 15 is 0 Å². The van der Waals surface area contributed by atoms with Gasteiger partial charge in [-0.15, -0.1) is 0 Å². The number of aromatic nitrogens is 2. The zero-order valence-electron chi connectivity index (χ0n) is 17.2. The summed E-state index contributed by atoms with van der Waals surface area (Å²) in [5.41, 5.74) is 5.31. The largest absolute Gasteiger partial charge is 0.322 e. The fourth-order valence-corrected chi connectivity index (χ4v) is 4.58. The molecule has 0 radical (unpaired) electrons. The summed E-state index contributed by atoms with van der Waals surface area (Å²) in [6.45, 7) is 2.85. The second-order valence-electron chi connectivity index (χ2n) is 8.27. The maximum Gasteiger partial charge on any atom is 0.248 e. The van der Waals surface area contributed by atoms with E-state index in [2.05, 4.69) is 33.1 Å². The Labute approximate surface area is 180 Å². The molecule has 156 valence electrons. The third kappa shape index (κ3) is 4.28. The van der Waals surface area contributed by atoms with Gasteiger partial charge in [-0.05, 0) is 78.2 Å². The number of pyridine rings is 2. The molecule has 1 saturated heterocycles. The molecule has 3 heterocycles. The van der Waals surface area contributed by atoms with Crippen molar-refractivity contribution < 1.29 is 4.39 Å². The number of benzene rings is 2. The normalized spacial score (nSPS) is 15.4. The molecule has 5 rings (SSSR count). The Kier molecular flexibility index (Phi) is 5.35. The molecule has 0 amide bonds. The van der Waals surface area contributed by atoms with Crippen LogP contribution in [0.4, 0.5) is 4.39 Å². The van der Waals surface area contributed by atoms with Crippen LogP contribution in [0.15, 0.2) is 77.9 Å². The van der Waals surface area contributed by atoms with Crippen LogP contribution in [0.2, 0.25) is 0 Å². The molecule has 31 heavy (non-hydrogen) atoms. The van der Waals surface area contributed by atoms with Gasteiger partial charge in [-0.3, -0.25) is 14.7 Å². The van der Waals surface area contributed by atoms with E-state index in [1.807, 2.05) is 24.5 Å². The van der Waals surface area contributed by atoms with Gasteiger partial charge in [0.2, 0.25) is 5.56 Å². The fourth-order valence-electron chi connectivity index (χ4n) is 4.58. The molecule has 0 spiro atoms. The smallest absolute Gasteiger partial charge is 0.248 e. The highest BCUT2D eigenvalue weighted by Crippen LogP contribution is 2.32. The molecule has 1 aliphatic heterocycles. The van der Waals surface area contributed by atoms with Crippen molar-refractivity contribution in [1.29, 1.82) is 0 Å². The van der Waals surface area contributed by atoms with Crippen molar-refractivity contribution in [1.82, 2.24) is 14.9 Å². The summed E-state index contributed by atoms with van der Waals surface area (Å²) >= 11 is 0. The first-order valence-electron chi connectivity index (χ1n) is 10.7. The van der Waals surface area contributed by atoms with Crippen molar-refractivity contribution in [2.45, 2.75) is 25.3 Å². The predicted molar refractivity (Wildman–Crippen MR) is 121 cm³/mol. The lowest BCUT2D eigenvalue weighted by Crippen LogP contribution is -2.32. The summed E-state index contributed by atoms with van der Waals surface area (Å²) in [4.78, 5) is 21.7. The Bertz CT molecular complexity index is 1260. The number of likely N-dealkylation sites (tertiary alicyclic amines) is 1. The maximum absolute atomic E-state index is 13.2. The quantitative estimate of drug-likeness (QED) is 0.506. The number of aromatic amines is 1. The zero-order chi connectivity index (χ0) is 21.2. The topological polar surface area (TPSA) is 49.0 Å². The minimum Gasteiger partial charge on any atom is -0.322 e. The molecule has 1 fully saturated rings. The summed E-state index contributed by atoms with van der Waals surface area (Å²) < 4.78 is 13.2. The van der Waals surface area contributed by atoms with Crippen molar-refractivity contribution in [2.24, 2.45) is 0 Å². The van der Waals surface area contributed by atoms with E-state index in [-0.39, 0.29) is 11.4 Å². The minimum absolute atomic E-state index is 0.0501. The number of para-hydroxylation sites is 1. The maximum atomic E-state index is 13.2. The van der Waals surface area contributed by atoms with Crippen LogP contribution in [-0.4, -0.2) is 28.0 Å². The highest BCUT2D eigenvalue weighted by atomic mass is 19.1. The van der Waals surface area contributed by atoms with Crippen molar-refractivity contribution in [3.63, 3.8) is 0 Å². The van der Waals surface area contributed by atoms with E-state index in [9.17, 15) is 9.18 Å². The molecule has 0 saturated carbocycles. The van der Waals surface area contributed by atoms with Crippen molar-refractivity contribution in [2.75, 3.05) is 13.1 Å². The van der Waals surface area contributed by atoms with Crippen LogP contribution in [0, 0.1) is 5.82 Å². The molecule has 2 aromatic heterocycles. The monoisotopic (exact) mass is 413 g/mol. The van der Waals surface area contributed by atoms with E-state index in [4.69, 9.17) is 0 Å². The second-order valence-corrected chi connectivity index (χ2v) is 8.27. The van der Waals surface area contributed by atoms with Crippen LogP contribution >= 0.6 is 0 Å². The second kappa shape index (κ2) is 8.44. The Balaban J connectivity index is 1.28. The number of piperidine rings is 1. The summed E-state index contributed by atoms with van der Waals surface area (Å²) in [7, 11) is 0. The van der Waals surface area contributed by atoms with Gasteiger partial charge in [-0.25, -0.2) is 4.39 Å². The van der Waals surface area contributed by atoms with Crippen molar-refractivity contribution in [3.8, 4) is 11.1 Å². The highest BCUT2D eigenvalue weighted by Gasteiger charge is 2.22. The third-order valence-corrected chi connectivity index (χ3v) is 6.20. The van der Waals surface area contributed by atoms with Gasteiger partial charge < -0.3 is 4.98 Å². The lowest BCUT2D eigenvalue weighted by Gasteiger charge is -2.32. The molecule has 0 unspecified atom stereocenters. The molecule has 0 atom stereocenters. The van der Waals surface area contributed by atoms with Crippen LogP contribution in [0.1, 0.15) is 29.9 Å².